The quantitative estimate of drug-likeness (QED) is 0.732. The van der Waals surface area contributed by atoms with Crippen molar-refractivity contribution in [3.05, 3.63) is 53.9 Å². The molecule has 1 heterocycles. The molecule has 0 aliphatic heterocycles. The Morgan fingerprint density at radius 3 is 2.62 bits per heavy atom. The van der Waals surface area contributed by atoms with Crippen molar-refractivity contribution in [2.24, 2.45) is 5.73 Å². The van der Waals surface area contributed by atoms with Gasteiger partial charge in [0.15, 0.2) is 0 Å². The first-order chi connectivity index (χ1) is 7.58. The number of halogens is 3. The van der Waals surface area contributed by atoms with Crippen molar-refractivity contribution >= 4 is 49.9 Å². The lowest BCUT2D eigenvalue weighted by molar-refractivity contribution is 0.625. The summed E-state index contributed by atoms with van der Waals surface area (Å²) in [5.41, 5.74) is 7.10. The Morgan fingerprint density at radius 1 is 1.31 bits per heavy atom. The second-order valence-electron chi connectivity index (χ2n) is 3.29. The molecule has 0 aliphatic rings. The van der Waals surface area contributed by atoms with E-state index in [0.717, 1.165) is 17.8 Å². The van der Waals surface area contributed by atoms with E-state index in [4.69, 9.17) is 5.73 Å². The highest BCUT2D eigenvalue weighted by atomic mass is 127. The Morgan fingerprint density at radius 2 is 2.06 bits per heavy atom. The van der Waals surface area contributed by atoms with Gasteiger partial charge in [0.25, 0.3) is 0 Å². The summed E-state index contributed by atoms with van der Waals surface area (Å²) in [5.74, 6) is -0.229. The van der Waals surface area contributed by atoms with Gasteiger partial charge in [-0.15, -0.1) is 11.3 Å². The average Bonchev–Trinajstić information content (AvgIpc) is 2.64. The molecule has 2 aromatic rings. The molecule has 0 saturated heterocycles. The van der Waals surface area contributed by atoms with Gasteiger partial charge in [-0.05, 0) is 68.3 Å². The summed E-state index contributed by atoms with van der Waals surface area (Å²) in [6.45, 7) is 0. The molecule has 1 aromatic carbocycles. The van der Waals surface area contributed by atoms with E-state index in [9.17, 15) is 4.39 Å². The van der Waals surface area contributed by atoms with Crippen LogP contribution < -0.4 is 5.73 Å². The summed E-state index contributed by atoms with van der Waals surface area (Å²) in [7, 11) is 0. The van der Waals surface area contributed by atoms with E-state index < -0.39 is 0 Å². The fourth-order valence-corrected chi connectivity index (χ4v) is 3.66. The Kier molecular flexibility index (Phi) is 3.99. The van der Waals surface area contributed by atoms with Crippen LogP contribution in [-0.4, -0.2) is 0 Å². The van der Waals surface area contributed by atoms with Gasteiger partial charge in [0.2, 0.25) is 0 Å². The number of hydrogen-bond donors (Lipinski definition) is 1. The molecule has 84 valence electrons. The number of benzene rings is 1. The van der Waals surface area contributed by atoms with E-state index >= 15 is 0 Å². The van der Waals surface area contributed by atoms with Crippen molar-refractivity contribution in [3.63, 3.8) is 0 Å². The summed E-state index contributed by atoms with van der Waals surface area (Å²) in [5, 5.41) is 0. The maximum absolute atomic E-state index is 13.0. The van der Waals surface area contributed by atoms with E-state index in [-0.39, 0.29) is 11.9 Å². The Bertz CT molecular complexity index is 514. The maximum atomic E-state index is 13.0. The van der Waals surface area contributed by atoms with Gasteiger partial charge in [0, 0.05) is 8.45 Å². The van der Waals surface area contributed by atoms with Crippen molar-refractivity contribution in [2.45, 2.75) is 6.04 Å². The molecule has 0 saturated carbocycles. The molecule has 16 heavy (non-hydrogen) atoms. The predicted octanol–water partition coefficient (Wildman–Crippen LogP) is 4.30. The number of thiophene rings is 1. The van der Waals surface area contributed by atoms with Gasteiger partial charge in [-0.3, -0.25) is 0 Å². The fourth-order valence-electron chi connectivity index (χ4n) is 1.40. The largest absolute Gasteiger partial charge is 0.320 e. The molecule has 0 spiro atoms. The normalized spacial score (nSPS) is 12.8. The van der Waals surface area contributed by atoms with Crippen LogP contribution in [0.3, 0.4) is 0 Å². The van der Waals surface area contributed by atoms with Crippen LogP contribution in [0.2, 0.25) is 0 Å². The molecule has 0 bridgehead atoms. The lowest BCUT2D eigenvalue weighted by atomic mass is 10.1. The molecule has 1 nitrogen and oxygen atoms in total. The zero-order chi connectivity index (χ0) is 11.7. The summed E-state index contributed by atoms with van der Waals surface area (Å²) in [4.78, 5) is 1.07. The minimum atomic E-state index is -0.229. The molecule has 0 aliphatic carbocycles. The van der Waals surface area contributed by atoms with Crippen LogP contribution in [0.4, 0.5) is 4.39 Å². The van der Waals surface area contributed by atoms with Gasteiger partial charge < -0.3 is 5.73 Å². The Balaban J connectivity index is 2.37. The molecule has 1 aromatic heterocycles. The smallest absolute Gasteiger partial charge is 0.124 e. The van der Waals surface area contributed by atoms with Crippen molar-refractivity contribution in [3.8, 4) is 0 Å². The Labute approximate surface area is 119 Å². The summed E-state index contributed by atoms with van der Waals surface area (Å²) < 4.78 is 14.9. The van der Waals surface area contributed by atoms with Crippen molar-refractivity contribution in [1.82, 2.24) is 0 Å². The molecule has 5 heteroatoms. The molecule has 1 unspecified atom stereocenters. The maximum Gasteiger partial charge on any atom is 0.124 e. The molecule has 0 radical (unpaired) electrons. The summed E-state index contributed by atoms with van der Waals surface area (Å²) >= 11 is 7.11. The van der Waals surface area contributed by atoms with Crippen LogP contribution in [0.25, 0.3) is 0 Å². The Hall–Kier alpha value is 0.0200. The van der Waals surface area contributed by atoms with Gasteiger partial charge in [0.1, 0.15) is 5.82 Å². The first-order valence-corrected chi connectivity index (χ1v) is 7.22. The molecule has 2 N–H and O–H groups in total. The second-order valence-corrected chi connectivity index (χ2v) is 6.94. The lowest BCUT2D eigenvalue weighted by Crippen LogP contribution is -2.11. The van der Waals surface area contributed by atoms with E-state index in [2.05, 4.69) is 38.5 Å². The van der Waals surface area contributed by atoms with Crippen LogP contribution >= 0.6 is 49.9 Å². The highest BCUT2D eigenvalue weighted by Gasteiger charge is 2.14. The average molecular weight is 412 g/mol. The lowest BCUT2D eigenvalue weighted by Gasteiger charge is -2.12. The third-order valence-electron chi connectivity index (χ3n) is 2.20. The number of hydrogen-bond acceptors (Lipinski definition) is 2. The molecule has 0 fully saturated rings. The standard InChI is InChI=1S/C11H8BrFINS/c12-10-4-3-9(16-10)11(15)7-2-1-6(13)5-8(7)14/h1-5,11H,15H2. The fraction of sp³-hybridized carbons (Fsp3) is 0.0909. The first kappa shape index (κ1) is 12.5. The zero-order valence-corrected chi connectivity index (χ0v) is 12.6. The predicted molar refractivity (Wildman–Crippen MR) is 77.2 cm³/mol. The molecule has 1 atom stereocenters. The monoisotopic (exact) mass is 411 g/mol. The SMILES string of the molecule is NC(c1ccc(Br)s1)c1ccc(F)cc1I. The van der Waals surface area contributed by atoms with E-state index in [1.54, 1.807) is 17.4 Å². The molecular formula is C11H8BrFINS. The molecule has 2 rings (SSSR count). The summed E-state index contributed by atoms with van der Waals surface area (Å²) in [6.07, 6.45) is 0. The van der Waals surface area contributed by atoms with Crippen LogP contribution in [0.5, 0.6) is 0 Å². The molecule has 0 amide bonds. The third-order valence-corrected chi connectivity index (χ3v) is 4.84. The highest BCUT2D eigenvalue weighted by Crippen LogP contribution is 2.31. The minimum Gasteiger partial charge on any atom is -0.320 e. The van der Waals surface area contributed by atoms with Gasteiger partial charge in [-0.1, -0.05) is 6.07 Å². The topological polar surface area (TPSA) is 26.0 Å². The number of rotatable bonds is 2. The van der Waals surface area contributed by atoms with Gasteiger partial charge in [-0.25, -0.2) is 4.39 Å². The van der Waals surface area contributed by atoms with Gasteiger partial charge in [0.05, 0.1) is 9.83 Å². The number of nitrogens with two attached hydrogens (primary N) is 1. The summed E-state index contributed by atoms with van der Waals surface area (Å²) in [6, 6.07) is 8.45. The van der Waals surface area contributed by atoms with E-state index in [0.29, 0.717) is 0 Å². The van der Waals surface area contributed by atoms with Crippen LogP contribution in [-0.2, 0) is 0 Å². The van der Waals surface area contributed by atoms with Crippen LogP contribution in [0, 0.1) is 9.39 Å². The minimum absolute atomic E-state index is 0.191. The van der Waals surface area contributed by atoms with Crippen LogP contribution in [0.1, 0.15) is 16.5 Å². The van der Waals surface area contributed by atoms with E-state index in [1.165, 1.54) is 12.1 Å². The van der Waals surface area contributed by atoms with E-state index in [1.807, 2.05) is 12.1 Å². The third kappa shape index (κ3) is 2.64. The zero-order valence-electron chi connectivity index (χ0n) is 8.08. The highest BCUT2D eigenvalue weighted by molar-refractivity contribution is 14.1. The second kappa shape index (κ2) is 5.12. The van der Waals surface area contributed by atoms with Gasteiger partial charge in [-0.2, -0.15) is 0 Å². The van der Waals surface area contributed by atoms with Crippen molar-refractivity contribution in [2.75, 3.05) is 0 Å². The first-order valence-electron chi connectivity index (χ1n) is 4.53. The molecular weight excluding hydrogens is 404 g/mol. The van der Waals surface area contributed by atoms with Crippen molar-refractivity contribution in [1.29, 1.82) is 0 Å². The van der Waals surface area contributed by atoms with Crippen LogP contribution in [0.15, 0.2) is 34.1 Å². The van der Waals surface area contributed by atoms with Crippen molar-refractivity contribution < 1.29 is 4.39 Å². The van der Waals surface area contributed by atoms with Gasteiger partial charge >= 0.3 is 0 Å².